The summed E-state index contributed by atoms with van der Waals surface area (Å²) in [7, 11) is -4.21. The van der Waals surface area contributed by atoms with Crippen LogP contribution in [-0.4, -0.2) is 44.4 Å². The highest BCUT2D eigenvalue weighted by molar-refractivity contribution is 7.94. The second-order valence-corrected chi connectivity index (χ2v) is 9.27. The smallest absolute Gasteiger partial charge is 0.338 e. The topological polar surface area (TPSA) is 78.0 Å². The number of benzene rings is 2. The van der Waals surface area contributed by atoms with Crippen molar-refractivity contribution in [1.82, 2.24) is 4.90 Å². The Bertz CT molecular complexity index is 1090. The molecule has 9 heteroatoms. The number of rotatable bonds is 3. The van der Waals surface area contributed by atoms with Gasteiger partial charge in [0.15, 0.2) is 0 Å². The number of hydrogen-bond acceptors (Lipinski definition) is 4. The molecule has 2 aliphatic heterocycles. The molecule has 0 aromatic heterocycles. The Labute approximate surface area is 174 Å². The van der Waals surface area contributed by atoms with Gasteiger partial charge in [-0.2, -0.15) is 4.31 Å². The normalized spacial score (nSPS) is 20.8. The van der Waals surface area contributed by atoms with E-state index in [0.29, 0.717) is 10.8 Å². The monoisotopic (exact) mass is 431 g/mol. The average Bonchev–Trinajstić information content (AvgIpc) is 2.73. The van der Waals surface area contributed by atoms with Gasteiger partial charge in [0.25, 0.3) is 10.0 Å². The third-order valence-electron chi connectivity index (χ3n) is 5.56. The van der Waals surface area contributed by atoms with Crippen LogP contribution in [0, 0.1) is 5.82 Å². The van der Waals surface area contributed by atoms with Gasteiger partial charge >= 0.3 is 6.03 Å². The van der Waals surface area contributed by atoms with Gasteiger partial charge in [-0.1, -0.05) is 12.1 Å². The number of nitrogens with zero attached hydrogens (tertiary/aromatic N) is 3. The zero-order chi connectivity index (χ0) is 21.5. The van der Waals surface area contributed by atoms with Crippen LogP contribution in [-0.2, 0) is 14.8 Å². The van der Waals surface area contributed by atoms with Crippen LogP contribution in [0.2, 0.25) is 0 Å². The summed E-state index contributed by atoms with van der Waals surface area (Å²) in [4.78, 5) is 29.1. The van der Waals surface area contributed by atoms with Crippen molar-refractivity contribution < 1.29 is 22.4 Å². The summed E-state index contributed by atoms with van der Waals surface area (Å²) in [5.41, 5.74) is 0.179. The van der Waals surface area contributed by atoms with E-state index >= 15 is 0 Å². The molecule has 0 saturated carbocycles. The number of likely N-dealkylation sites (tertiary alicyclic amines) is 1. The predicted molar refractivity (Wildman–Crippen MR) is 110 cm³/mol. The molecule has 2 aliphatic rings. The molecular weight excluding hydrogens is 409 g/mol. The number of carbonyl (C=O) groups is 2. The van der Waals surface area contributed by atoms with Crippen LogP contribution in [0.3, 0.4) is 0 Å². The van der Waals surface area contributed by atoms with Gasteiger partial charge < -0.3 is 4.90 Å². The first-order valence-corrected chi connectivity index (χ1v) is 11.3. The van der Waals surface area contributed by atoms with Crippen LogP contribution in [0.5, 0.6) is 0 Å². The molecule has 1 fully saturated rings. The van der Waals surface area contributed by atoms with Crippen molar-refractivity contribution in [3.05, 3.63) is 54.3 Å². The van der Waals surface area contributed by atoms with Crippen LogP contribution in [0.1, 0.15) is 26.2 Å². The predicted octanol–water partition coefficient (Wildman–Crippen LogP) is 3.36. The number of fused-ring (bicyclic) bond motifs is 1. The number of hydrogen-bond donors (Lipinski definition) is 0. The zero-order valence-electron chi connectivity index (χ0n) is 16.5. The molecule has 1 saturated heterocycles. The van der Waals surface area contributed by atoms with Crippen LogP contribution >= 0.6 is 0 Å². The molecule has 0 unspecified atom stereocenters. The van der Waals surface area contributed by atoms with E-state index in [-0.39, 0.29) is 34.8 Å². The van der Waals surface area contributed by atoms with Gasteiger partial charge in [0, 0.05) is 12.6 Å². The lowest BCUT2D eigenvalue weighted by Crippen LogP contribution is -2.55. The van der Waals surface area contributed by atoms with Gasteiger partial charge in [0.05, 0.1) is 11.4 Å². The zero-order valence-corrected chi connectivity index (χ0v) is 17.3. The molecule has 7 nitrogen and oxygen atoms in total. The number of carbonyl (C=O) groups excluding carboxylic acids is 2. The van der Waals surface area contributed by atoms with Crippen molar-refractivity contribution in [2.75, 3.05) is 22.3 Å². The van der Waals surface area contributed by atoms with Crippen LogP contribution < -0.4 is 9.21 Å². The van der Waals surface area contributed by atoms with Crippen molar-refractivity contribution in [2.45, 2.75) is 37.1 Å². The summed E-state index contributed by atoms with van der Waals surface area (Å²) in [6.07, 6.45) is 2.84. The van der Waals surface area contributed by atoms with E-state index < -0.39 is 21.9 Å². The molecule has 0 radical (unpaired) electrons. The van der Waals surface area contributed by atoms with Crippen molar-refractivity contribution in [3.63, 3.8) is 0 Å². The maximum atomic E-state index is 13.4. The van der Waals surface area contributed by atoms with Gasteiger partial charge in [-0.25, -0.2) is 17.6 Å². The fourth-order valence-electron chi connectivity index (χ4n) is 3.99. The average molecular weight is 431 g/mol. The first-order valence-electron chi connectivity index (χ1n) is 9.81. The molecule has 2 aromatic rings. The maximum Gasteiger partial charge on any atom is 0.343 e. The Balaban J connectivity index is 1.75. The summed E-state index contributed by atoms with van der Waals surface area (Å²) >= 11 is 0. The molecule has 4 rings (SSSR count). The quantitative estimate of drug-likeness (QED) is 0.747. The third kappa shape index (κ3) is 3.43. The number of urea groups is 1. The molecule has 158 valence electrons. The first kappa shape index (κ1) is 20.3. The van der Waals surface area contributed by atoms with Gasteiger partial charge in [-0.05, 0) is 62.6 Å². The van der Waals surface area contributed by atoms with Gasteiger partial charge in [-0.15, -0.1) is 0 Å². The number of anilines is 2. The van der Waals surface area contributed by atoms with E-state index in [1.54, 1.807) is 17.0 Å². The highest BCUT2D eigenvalue weighted by atomic mass is 32.2. The molecule has 2 aromatic carbocycles. The first-order chi connectivity index (χ1) is 14.3. The van der Waals surface area contributed by atoms with Gasteiger partial charge in [-0.3, -0.25) is 9.69 Å². The third-order valence-corrected chi connectivity index (χ3v) is 7.31. The molecule has 0 bridgehead atoms. The lowest BCUT2D eigenvalue weighted by molar-refractivity contribution is -0.132. The molecule has 2 heterocycles. The van der Waals surface area contributed by atoms with E-state index in [9.17, 15) is 22.4 Å². The summed E-state index contributed by atoms with van der Waals surface area (Å²) in [5.74, 6) is -0.782. The largest absolute Gasteiger partial charge is 0.343 e. The molecular formula is C21H22FN3O4S. The highest BCUT2D eigenvalue weighted by Gasteiger charge is 2.43. The van der Waals surface area contributed by atoms with Gasteiger partial charge in [0.1, 0.15) is 17.3 Å². The highest BCUT2D eigenvalue weighted by Crippen LogP contribution is 2.37. The Morgan fingerprint density at radius 3 is 2.50 bits per heavy atom. The van der Waals surface area contributed by atoms with E-state index in [2.05, 4.69) is 0 Å². The number of sulfonamides is 1. The number of halogens is 1. The molecule has 0 aliphatic carbocycles. The Morgan fingerprint density at radius 1 is 1.10 bits per heavy atom. The molecule has 0 N–H and O–H groups in total. The van der Waals surface area contributed by atoms with Crippen LogP contribution in [0.4, 0.5) is 20.6 Å². The molecule has 3 amide bonds. The number of para-hydroxylation sites is 1. The summed E-state index contributed by atoms with van der Waals surface area (Å²) in [5, 5.41) is 0. The Morgan fingerprint density at radius 2 is 1.80 bits per heavy atom. The molecule has 0 spiro atoms. The molecule has 30 heavy (non-hydrogen) atoms. The van der Waals surface area contributed by atoms with Crippen molar-refractivity contribution >= 4 is 33.3 Å². The summed E-state index contributed by atoms with van der Waals surface area (Å²) in [6, 6.07) is 9.92. The van der Waals surface area contributed by atoms with Crippen LogP contribution in [0.15, 0.2) is 53.4 Å². The fraction of sp³-hybridized carbons (Fsp3) is 0.333. The lowest BCUT2D eigenvalue weighted by Gasteiger charge is -2.38. The van der Waals surface area contributed by atoms with Gasteiger partial charge in [0.2, 0.25) is 5.91 Å². The number of piperidine rings is 1. The van der Waals surface area contributed by atoms with Crippen molar-refractivity contribution in [3.8, 4) is 0 Å². The summed E-state index contributed by atoms with van der Waals surface area (Å²) in [6.45, 7) is 2.31. The molecule has 1 atom stereocenters. The van der Waals surface area contributed by atoms with Crippen molar-refractivity contribution in [1.29, 1.82) is 0 Å². The van der Waals surface area contributed by atoms with Crippen molar-refractivity contribution in [2.24, 2.45) is 0 Å². The Hall–Kier alpha value is -2.94. The second-order valence-electron chi connectivity index (χ2n) is 7.51. The maximum absolute atomic E-state index is 13.4. The van der Waals surface area contributed by atoms with Crippen LogP contribution in [0.25, 0.3) is 0 Å². The van der Waals surface area contributed by atoms with E-state index in [1.165, 1.54) is 29.2 Å². The minimum absolute atomic E-state index is 0.0136. The Kier molecular flexibility index (Phi) is 5.23. The van der Waals surface area contributed by atoms with E-state index in [0.717, 1.165) is 31.4 Å². The van der Waals surface area contributed by atoms with E-state index in [1.807, 2.05) is 6.92 Å². The minimum atomic E-state index is -4.21. The number of amides is 3. The standard InChI is InChI=1S/C21H22FN3O4S/c1-15-6-4-5-13-23(15)20(26)14-24-18-7-2-3-8-19(18)30(28,29)25(21(24)27)17-11-9-16(22)10-12-17/h2-3,7-12,15H,4-6,13-14H2,1H3/t15-/m1/s1. The minimum Gasteiger partial charge on any atom is -0.338 e. The lowest BCUT2D eigenvalue weighted by atomic mass is 10.0. The van der Waals surface area contributed by atoms with E-state index in [4.69, 9.17) is 0 Å². The second kappa shape index (κ2) is 7.71. The fourth-order valence-corrected chi connectivity index (χ4v) is 5.58. The SMILES string of the molecule is C[C@@H]1CCCCN1C(=O)CN1C(=O)N(c2ccc(F)cc2)S(=O)(=O)c2ccccc21. The summed E-state index contributed by atoms with van der Waals surface area (Å²) < 4.78 is 40.3.